The highest BCUT2D eigenvalue weighted by Crippen LogP contribution is 2.19. The average molecular weight is 380 g/mol. The van der Waals surface area contributed by atoms with Gasteiger partial charge >= 0.3 is 0 Å². The smallest absolute Gasteiger partial charge is 0.120 e. The molecule has 0 aliphatic carbocycles. The maximum atomic E-state index is 6.19. The summed E-state index contributed by atoms with van der Waals surface area (Å²) >= 11 is 6.19. The number of aryl methyl sites for hydroxylation is 1. The molecule has 0 fully saturated rings. The third-order valence-corrected chi connectivity index (χ3v) is 4.98. The minimum absolute atomic E-state index is 0.456. The Morgan fingerprint density at radius 1 is 0.889 bits per heavy atom. The van der Waals surface area contributed by atoms with Crippen molar-refractivity contribution in [2.45, 2.75) is 39.0 Å². The number of halogens is 1. The molecule has 27 heavy (non-hydrogen) atoms. The second-order valence-corrected chi connectivity index (χ2v) is 7.24. The molecule has 0 heterocycles. The van der Waals surface area contributed by atoms with E-state index in [1.807, 2.05) is 36.4 Å². The number of hydrogen-bond donors (Lipinski definition) is 1. The van der Waals surface area contributed by atoms with Crippen molar-refractivity contribution in [2.24, 2.45) is 0 Å². The van der Waals surface area contributed by atoms with E-state index in [2.05, 4.69) is 54.7 Å². The van der Waals surface area contributed by atoms with Gasteiger partial charge in [-0.1, -0.05) is 72.3 Å². The minimum atomic E-state index is 0.456. The first kappa shape index (κ1) is 19.5. The standard InChI is InChI=1S/C24H26ClNO/c1-19(14-15-20-8-3-2-4-9-20)26-17-21-10-7-12-23(16-21)27-18-22-11-5-6-13-24(22)25/h2-13,16,19,26H,14-15,17-18H2,1H3. The van der Waals surface area contributed by atoms with Crippen molar-refractivity contribution >= 4 is 11.6 Å². The van der Waals surface area contributed by atoms with Crippen molar-refractivity contribution in [3.63, 3.8) is 0 Å². The monoisotopic (exact) mass is 379 g/mol. The first-order valence-electron chi connectivity index (χ1n) is 9.43. The summed E-state index contributed by atoms with van der Waals surface area (Å²) in [5.41, 5.74) is 3.61. The van der Waals surface area contributed by atoms with Gasteiger partial charge in [-0.3, -0.25) is 0 Å². The van der Waals surface area contributed by atoms with Crippen LogP contribution in [0.15, 0.2) is 78.9 Å². The van der Waals surface area contributed by atoms with Crippen LogP contribution in [-0.4, -0.2) is 6.04 Å². The Balaban J connectivity index is 1.46. The van der Waals surface area contributed by atoms with E-state index in [4.69, 9.17) is 16.3 Å². The molecule has 0 aliphatic heterocycles. The van der Waals surface area contributed by atoms with Crippen molar-refractivity contribution in [2.75, 3.05) is 0 Å². The molecule has 2 nitrogen and oxygen atoms in total. The maximum Gasteiger partial charge on any atom is 0.120 e. The van der Waals surface area contributed by atoms with Gasteiger partial charge in [0.25, 0.3) is 0 Å². The maximum absolute atomic E-state index is 6.19. The molecular weight excluding hydrogens is 354 g/mol. The summed E-state index contributed by atoms with van der Waals surface area (Å²) < 4.78 is 5.91. The Bertz CT molecular complexity index is 835. The number of benzene rings is 3. The molecule has 140 valence electrons. The first-order valence-corrected chi connectivity index (χ1v) is 9.81. The molecule has 3 heteroatoms. The van der Waals surface area contributed by atoms with E-state index in [0.29, 0.717) is 12.6 Å². The fourth-order valence-electron chi connectivity index (χ4n) is 2.94. The molecule has 0 amide bonds. The van der Waals surface area contributed by atoms with Gasteiger partial charge in [-0.15, -0.1) is 0 Å². The number of hydrogen-bond acceptors (Lipinski definition) is 2. The molecule has 0 aromatic heterocycles. The summed E-state index contributed by atoms with van der Waals surface area (Å²) in [5, 5.41) is 4.34. The molecule has 0 radical (unpaired) electrons. The summed E-state index contributed by atoms with van der Waals surface area (Å²) in [7, 11) is 0. The van der Waals surface area contributed by atoms with Crippen LogP contribution in [0.3, 0.4) is 0 Å². The van der Waals surface area contributed by atoms with Crippen LogP contribution in [0.4, 0.5) is 0 Å². The van der Waals surface area contributed by atoms with Crippen molar-refractivity contribution < 1.29 is 4.74 Å². The molecule has 1 atom stereocenters. The molecule has 3 rings (SSSR count). The topological polar surface area (TPSA) is 21.3 Å². The van der Waals surface area contributed by atoms with Gasteiger partial charge in [-0.05, 0) is 49.1 Å². The lowest BCUT2D eigenvalue weighted by Gasteiger charge is -2.15. The van der Waals surface area contributed by atoms with Crippen LogP contribution < -0.4 is 10.1 Å². The molecule has 1 N–H and O–H groups in total. The number of rotatable bonds is 9. The van der Waals surface area contributed by atoms with E-state index in [-0.39, 0.29) is 0 Å². The summed E-state index contributed by atoms with van der Waals surface area (Å²) in [6.45, 7) is 3.55. The third kappa shape index (κ3) is 6.42. The van der Waals surface area contributed by atoms with Gasteiger partial charge in [0.05, 0.1) is 0 Å². The van der Waals surface area contributed by atoms with Gasteiger partial charge in [-0.2, -0.15) is 0 Å². The van der Waals surface area contributed by atoms with E-state index >= 15 is 0 Å². The summed E-state index contributed by atoms with van der Waals surface area (Å²) in [6.07, 6.45) is 2.21. The van der Waals surface area contributed by atoms with Crippen molar-refractivity contribution in [1.29, 1.82) is 0 Å². The molecule has 3 aromatic carbocycles. The Hall–Kier alpha value is -2.29. The summed E-state index contributed by atoms with van der Waals surface area (Å²) in [4.78, 5) is 0. The zero-order chi connectivity index (χ0) is 18.9. The molecule has 0 spiro atoms. The Labute approximate surface area is 167 Å². The third-order valence-electron chi connectivity index (χ3n) is 4.61. The first-order chi connectivity index (χ1) is 13.2. The van der Waals surface area contributed by atoms with Crippen molar-refractivity contribution in [3.05, 3.63) is 101 Å². The van der Waals surface area contributed by atoms with E-state index in [0.717, 1.165) is 35.7 Å². The van der Waals surface area contributed by atoms with Crippen molar-refractivity contribution in [3.8, 4) is 5.75 Å². The lowest BCUT2D eigenvalue weighted by atomic mass is 10.1. The highest BCUT2D eigenvalue weighted by atomic mass is 35.5. The van der Waals surface area contributed by atoms with Gasteiger partial charge in [0.2, 0.25) is 0 Å². The van der Waals surface area contributed by atoms with E-state index in [1.54, 1.807) is 0 Å². The Kier molecular flexibility index (Phi) is 7.32. The van der Waals surface area contributed by atoms with Gasteiger partial charge in [0.1, 0.15) is 12.4 Å². The molecule has 0 saturated carbocycles. The van der Waals surface area contributed by atoms with Crippen LogP contribution in [0.2, 0.25) is 5.02 Å². The molecular formula is C24H26ClNO. The van der Waals surface area contributed by atoms with Crippen LogP contribution in [0, 0.1) is 0 Å². The second kappa shape index (κ2) is 10.1. The zero-order valence-electron chi connectivity index (χ0n) is 15.7. The fourth-order valence-corrected chi connectivity index (χ4v) is 3.13. The van der Waals surface area contributed by atoms with Gasteiger partial charge < -0.3 is 10.1 Å². The molecule has 1 unspecified atom stereocenters. The Morgan fingerprint density at radius 3 is 2.44 bits per heavy atom. The lowest BCUT2D eigenvalue weighted by Crippen LogP contribution is -2.25. The summed E-state index contributed by atoms with van der Waals surface area (Å²) in [5.74, 6) is 0.867. The highest BCUT2D eigenvalue weighted by molar-refractivity contribution is 6.31. The van der Waals surface area contributed by atoms with Crippen LogP contribution in [0.25, 0.3) is 0 Å². The normalized spacial score (nSPS) is 11.9. The predicted molar refractivity (Wildman–Crippen MR) is 113 cm³/mol. The van der Waals surface area contributed by atoms with Gasteiger partial charge in [0, 0.05) is 23.2 Å². The van der Waals surface area contributed by atoms with E-state index < -0.39 is 0 Å². The molecule has 0 saturated heterocycles. The molecule has 3 aromatic rings. The fraction of sp³-hybridized carbons (Fsp3) is 0.250. The van der Waals surface area contributed by atoms with Crippen LogP contribution in [-0.2, 0) is 19.6 Å². The van der Waals surface area contributed by atoms with E-state index in [1.165, 1.54) is 11.1 Å². The van der Waals surface area contributed by atoms with Crippen LogP contribution in [0.1, 0.15) is 30.0 Å². The van der Waals surface area contributed by atoms with Gasteiger partial charge in [0.15, 0.2) is 0 Å². The highest BCUT2D eigenvalue weighted by Gasteiger charge is 2.04. The average Bonchev–Trinajstić information content (AvgIpc) is 2.71. The van der Waals surface area contributed by atoms with Gasteiger partial charge in [-0.25, -0.2) is 0 Å². The van der Waals surface area contributed by atoms with Crippen LogP contribution in [0.5, 0.6) is 5.75 Å². The minimum Gasteiger partial charge on any atom is -0.489 e. The number of ether oxygens (including phenoxy) is 1. The largest absolute Gasteiger partial charge is 0.489 e. The number of nitrogens with one attached hydrogen (secondary N) is 1. The van der Waals surface area contributed by atoms with Crippen molar-refractivity contribution in [1.82, 2.24) is 5.32 Å². The predicted octanol–water partition coefficient (Wildman–Crippen LogP) is 6.03. The molecule has 0 aliphatic rings. The Morgan fingerprint density at radius 2 is 1.63 bits per heavy atom. The lowest BCUT2D eigenvalue weighted by molar-refractivity contribution is 0.306. The SMILES string of the molecule is CC(CCc1ccccc1)NCc1cccc(OCc2ccccc2Cl)c1. The van der Waals surface area contributed by atoms with Crippen LogP contribution >= 0.6 is 11.6 Å². The zero-order valence-corrected chi connectivity index (χ0v) is 16.5. The quantitative estimate of drug-likeness (QED) is 0.490. The molecule has 0 bridgehead atoms. The summed E-state index contributed by atoms with van der Waals surface area (Å²) in [6, 6.07) is 27.1. The second-order valence-electron chi connectivity index (χ2n) is 6.83. The van der Waals surface area contributed by atoms with E-state index in [9.17, 15) is 0 Å².